The van der Waals surface area contributed by atoms with Crippen LogP contribution in [0.2, 0.25) is 0 Å². The third kappa shape index (κ3) is 5.90. The maximum absolute atomic E-state index is 5.90. The highest BCUT2D eigenvalue weighted by molar-refractivity contribution is 5.42. The molecule has 0 bridgehead atoms. The van der Waals surface area contributed by atoms with Crippen LogP contribution >= 0.6 is 0 Å². The summed E-state index contributed by atoms with van der Waals surface area (Å²) in [7, 11) is 3.36. The minimum atomic E-state index is 0.780. The number of piperidine rings is 1. The fourth-order valence-electron chi connectivity index (χ4n) is 3.80. The van der Waals surface area contributed by atoms with Crippen LogP contribution in [0.5, 0.6) is 17.2 Å². The maximum Gasteiger partial charge on any atom is 0.160 e. The first-order chi connectivity index (χ1) is 13.7. The van der Waals surface area contributed by atoms with Crippen LogP contribution in [0, 0.1) is 12.8 Å². The molecule has 1 fully saturated rings. The Morgan fingerprint density at radius 3 is 2.32 bits per heavy atom. The van der Waals surface area contributed by atoms with Gasteiger partial charge in [-0.15, -0.1) is 0 Å². The summed E-state index contributed by atoms with van der Waals surface area (Å²) in [6.07, 6.45) is 4.73. The van der Waals surface area contributed by atoms with Crippen molar-refractivity contribution in [1.82, 2.24) is 4.90 Å². The van der Waals surface area contributed by atoms with E-state index in [0.29, 0.717) is 0 Å². The zero-order valence-corrected chi connectivity index (χ0v) is 17.4. The molecule has 0 saturated carbocycles. The van der Waals surface area contributed by atoms with E-state index < -0.39 is 0 Å². The Kier molecular flexibility index (Phi) is 7.61. The number of aryl methyl sites for hydroxylation is 1. The van der Waals surface area contributed by atoms with Gasteiger partial charge in [0.05, 0.1) is 20.8 Å². The Morgan fingerprint density at radius 2 is 1.64 bits per heavy atom. The Hall–Kier alpha value is -2.20. The topological polar surface area (TPSA) is 30.9 Å². The minimum Gasteiger partial charge on any atom is -0.494 e. The van der Waals surface area contributed by atoms with E-state index in [2.05, 4.69) is 48.2 Å². The summed E-state index contributed by atoms with van der Waals surface area (Å²) in [5.74, 6) is 3.37. The van der Waals surface area contributed by atoms with Crippen molar-refractivity contribution in [2.75, 3.05) is 40.5 Å². The predicted octanol–water partition coefficient (Wildman–Crippen LogP) is 4.74. The van der Waals surface area contributed by atoms with Crippen LogP contribution in [0.4, 0.5) is 0 Å². The van der Waals surface area contributed by atoms with Gasteiger partial charge in [-0.3, -0.25) is 0 Å². The van der Waals surface area contributed by atoms with E-state index in [1.165, 1.54) is 37.1 Å². The van der Waals surface area contributed by atoms with Crippen molar-refractivity contribution < 1.29 is 14.2 Å². The molecular formula is C24H33NO3. The van der Waals surface area contributed by atoms with Gasteiger partial charge in [-0.2, -0.15) is 0 Å². The summed E-state index contributed by atoms with van der Waals surface area (Å²) in [6.45, 7) is 6.38. The monoisotopic (exact) mass is 383 g/mol. The van der Waals surface area contributed by atoms with Gasteiger partial charge in [0.15, 0.2) is 11.5 Å². The van der Waals surface area contributed by atoms with Gasteiger partial charge in [-0.1, -0.05) is 23.8 Å². The molecule has 1 aliphatic rings. The first kappa shape index (κ1) is 20.5. The van der Waals surface area contributed by atoms with Crippen LogP contribution in [0.25, 0.3) is 0 Å². The number of nitrogens with zero attached hydrogens (tertiary/aromatic N) is 1. The van der Waals surface area contributed by atoms with Gasteiger partial charge in [0.25, 0.3) is 0 Å². The normalized spacial score (nSPS) is 15.4. The van der Waals surface area contributed by atoms with Gasteiger partial charge < -0.3 is 19.1 Å². The average Bonchev–Trinajstić information content (AvgIpc) is 2.74. The summed E-state index contributed by atoms with van der Waals surface area (Å²) < 4.78 is 16.6. The lowest BCUT2D eigenvalue weighted by Crippen LogP contribution is -2.35. The Labute approximate surface area is 169 Å². The molecule has 0 amide bonds. The first-order valence-corrected chi connectivity index (χ1v) is 10.3. The average molecular weight is 384 g/mol. The Morgan fingerprint density at radius 1 is 0.929 bits per heavy atom. The largest absolute Gasteiger partial charge is 0.494 e. The van der Waals surface area contributed by atoms with Gasteiger partial charge >= 0.3 is 0 Å². The minimum absolute atomic E-state index is 0.780. The highest BCUT2D eigenvalue weighted by Crippen LogP contribution is 2.28. The summed E-state index contributed by atoms with van der Waals surface area (Å²) in [5.41, 5.74) is 2.57. The molecule has 0 unspecified atom stereocenters. The lowest BCUT2D eigenvalue weighted by Gasteiger charge is -2.32. The molecular weight excluding hydrogens is 350 g/mol. The van der Waals surface area contributed by atoms with E-state index in [1.54, 1.807) is 14.2 Å². The second kappa shape index (κ2) is 10.4. The van der Waals surface area contributed by atoms with Crippen molar-refractivity contribution in [3.8, 4) is 17.2 Å². The summed E-state index contributed by atoms with van der Waals surface area (Å²) in [4.78, 5) is 2.58. The zero-order valence-electron chi connectivity index (χ0n) is 17.4. The maximum atomic E-state index is 5.90. The fourth-order valence-corrected chi connectivity index (χ4v) is 3.80. The van der Waals surface area contributed by atoms with Crippen molar-refractivity contribution in [3.63, 3.8) is 0 Å². The van der Waals surface area contributed by atoms with Gasteiger partial charge in [-0.05, 0) is 81.4 Å². The highest BCUT2D eigenvalue weighted by Gasteiger charge is 2.19. The molecule has 152 valence electrons. The first-order valence-electron chi connectivity index (χ1n) is 10.3. The standard InChI is InChI=1S/C24H33NO3/c1-19-4-7-22(8-5-19)28-17-13-20-10-14-25(15-11-20)16-12-21-6-9-23(26-2)24(18-21)27-3/h4-9,18,20H,10-17H2,1-3H3. The summed E-state index contributed by atoms with van der Waals surface area (Å²) in [5, 5.41) is 0. The van der Waals surface area contributed by atoms with Gasteiger partial charge in [0, 0.05) is 6.54 Å². The van der Waals surface area contributed by atoms with Crippen LogP contribution in [0.1, 0.15) is 30.4 Å². The lowest BCUT2D eigenvalue weighted by molar-refractivity contribution is 0.164. The van der Waals surface area contributed by atoms with Gasteiger partial charge in [0.1, 0.15) is 5.75 Å². The number of hydrogen-bond donors (Lipinski definition) is 0. The summed E-state index contributed by atoms with van der Waals surface area (Å²) >= 11 is 0. The molecule has 0 atom stereocenters. The van der Waals surface area contributed by atoms with Crippen molar-refractivity contribution in [2.24, 2.45) is 5.92 Å². The summed E-state index contributed by atoms with van der Waals surface area (Å²) in [6, 6.07) is 14.6. The molecule has 4 heteroatoms. The molecule has 0 N–H and O–H groups in total. The van der Waals surface area contributed by atoms with Crippen molar-refractivity contribution in [3.05, 3.63) is 53.6 Å². The van der Waals surface area contributed by atoms with E-state index in [-0.39, 0.29) is 0 Å². The fraction of sp³-hybridized carbons (Fsp3) is 0.500. The molecule has 3 rings (SSSR count). The van der Waals surface area contributed by atoms with Crippen LogP contribution in [0.3, 0.4) is 0 Å². The molecule has 0 spiro atoms. The predicted molar refractivity (Wildman–Crippen MR) is 114 cm³/mol. The quantitative estimate of drug-likeness (QED) is 0.626. The van der Waals surface area contributed by atoms with Crippen LogP contribution < -0.4 is 14.2 Å². The third-order valence-electron chi connectivity index (χ3n) is 5.69. The van der Waals surface area contributed by atoms with Crippen molar-refractivity contribution >= 4 is 0 Å². The lowest BCUT2D eigenvalue weighted by atomic mass is 9.93. The smallest absolute Gasteiger partial charge is 0.160 e. The molecule has 4 nitrogen and oxygen atoms in total. The number of ether oxygens (including phenoxy) is 3. The van der Waals surface area contributed by atoms with Crippen LogP contribution in [-0.4, -0.2) is 45.4 Å². The van der Waals surface area contributed by atoms with E-state index in [9.17, 15) is 0 Å². The van der Waals surface area contributed by atoms with Gasteiger partial charge in [0.2, 0.25) is 0 Å². The van der Waals surface area contributed by atoms with E-state index >= 15 is 0 Å². The molecule has 2 aromatic carbocycles. The SMILES string of the molecule is COc1ccc(CCN2CCC(CCOc3ccc(C)cc3)CC2)cc1OC. The second-order valence-electron chi connectivity index (χ2n) is 7.67. The number of benzene rings is 2. The number of methoxy groups -OCH3 is 2. The molecule has 28 heavy (non-hydrogen) atoms. The molecule has 0 aromatic heterocycles. The van der Waals surface area contributed by atoms with E-state index in [0.717, 1.165) is 49.2 Å². The Bertz CT molecular complexity index is 721. The Balaban J connectivity index is 1.35. The van der Waals surface area contributed by atoms with E-state index in [1.807, 2.05) is 6.07 Å². The molecule has 0 aliphatic carbocycles. The molecule has 2 aromatic rings. The zero-order chi connectivity index (χ0) is 19.8. The van der Waals surface area contributed by atoms with Crippen molar-refractivity contribution in [2.45, 2.75) is 32.6 Å². The molecule has 0 radical (unpaired) electrons. The van der Waals surface area contributed by atoms with Gasteiger partial charge in [-0.25, -0.2) is 0 Å². The van der Waals surface area contributed by atoms with E-state index in [4.69, 9.17) is 14.2 Å². The number of hydrogen-bond acceptors (Lipinski definition) is 4. The number of rotatable bonds is 9. The van der Waals surface area contributed by atoms with Crippen molar-refractivity contribution in [1.29, 1.82) is 0 Å². The van der Waals surface area contributed by atoms with Crippen LogP contribution in [-0.2, 0) is 6.42 Å². The van der Waals surface area contributed by atoms with Crippen LogP contribution in [0.15, 0.2) is 42.5 Å². The molecule has 1 heterocycles. The number of likely N-dealkylation sites (tertiary alicyclic amines) is 1. The third-order valence-corrected chi connectivity index (χ3v) is 5.69. The highest BCUT2D eigenvalue weighted by atomic mass is 16.5. The second-order valence-corrected chi connectivity index (χ2v) is 7.67. The molecule has 1 aliphatic heterocycles. The molecule has 1 saturated heterocycles.